The molecule has 2 saturated heterocycles. The van der Waals surface area contributed by atoms with Gasteiger partial charge in [0.1, 0.15) is 6.04 Å². The van der Waals surface area contributed by atoms with Gasteiger partial charge in [-0.15, -0.1) is 11.3 Å². The van der Waals surface area contributed by atoms with Crippen molar-refractivity contribution in [3.05, 3.63) is 46.0 Å². The summed E-state index contributed by atoms with van der Waals surface area (Å²) in [6, 6.07) is 4.14. The number of hydrogen-bond acceptors (Lipinski definition) is 8. The fraction of sp³-hybridized carbons (Fsp3) is 0.381. The van der Waals surface area contributed by atoms with Gasteiger partial charge in [-0.2, -0.15) is 0 Å². The maximum Gasteiger partial charge on any atom is 0.262 e. The third-order valence-corrected chi connectivity index (χ3v) is 6.77. The molecule has 9 nitrogen and oxygen atoms in total. The van der Waals surface area contributed by atoms with E-state index in [4.69, 9.17) is 0 Å². The molecule has 3 aliphatic rings. The lowest BCUT2D eigenvalue weighted by atomic mass is 10.0. The summed E-state index contributed by atoms with van der Waals surface area (Å²) in [4.78, 5) is 54.9. The van der Waals surface area contributed by atoms with E-state index in [0.29, 0.717) is 12.5 Å². The van der Waals surface area contributed by atoms with Gasteiger partial charge in [0.25, 0.3) is 11.8 Å². The van der Waals surface area contributed by atoms with Gasteiger partial charge in [-0.1, -0.05) is 6.07 Å². The quantitative estimate of drug-likeness (QED) is 0.600. The van der Waals surface area contributed by atoms with Gasteiger partial charge in [0, 0.05) is 30.8 Å². The van der Waals surface area contributed by atoms with Crippen LogP contribution in [0.25, 0.3) is 0 Å². The lowest BCUT2D eigenvalue weighted by molar-refractivity contribution is -0.136. The number of amides is 4. The van der Waals surface area contributed by atoms with Crippen molar-refractivity contribution in [1.82, 2.24) is 20.5 Å². The molecule has 3 aliphatic heterocycles. The summed E-state index contributed by atoms with van der Waals surface area (Å²) in [5.74, 6) is -1.54. The van der Waals surface area contributed by atoms with Crippen molar-refractivity contribution in [1.29, 1.82) is 0 Å². The standard InChI is InChI=1S/C21H21N5O4S/c27-17-4-3-16(18(28)25-17)26-19(29)13-2-1-11(7-14(13)20(26)30)8-23-21-24-15(10-31-21)12-5-6-22-9-12/h1-2,7,10,12,16,22H,3-6,8-9H2,(H,23,24)(H,25,27,28)/t12-,16?/m0/s1. The first-order valence-electron chi connectivity index (χ1n) is 10.3. The monoisotopic (exact) mass is 439 g/mol. The second kappa shape index (κ2) is 7.86. The molecule has 4 amide bonds. The Morgan fingerprint density at radius 1 is 1.13 bits per heavy atom. The predicted octanol–water partition coefficient (Wildman–Crippen LogP) is 1.23. The van der Waals surface area contributed by atoms with Crippen LogP contribution in [0.1, 0.15) is 57.2 Å². The number of imide groups is 2. The molecule has 1 aromatic carbocycles. The number of rotatable bonds is 5. The highest BCUT2D eigenvalue weighted by Gasteiger charge is 2.44. The van der Waals surface area contributed by atoms with E-state index >= 15 is 0 Å². The van der Waals surface area contributed by atoms with Crippen LogP contribution in [0.5, 0.6) is 0 Å². The molecular weight excluding hydrogens is 418 g/mol. The molecule has 10 heteroatoms. The lowest BCUT2D eigenvalue weighted by Crippen LogP contribution is -2.54. The number of anilines is 1. The minimum atomic E-state index is -0.953. The average Bonchev–Trinajstić information content (AvgIpc) is 3.49. The van der Waals surface area contributed by atoms with Gasteiger partial charge in [-0.25, -0.2) is 4.98 Å². The Kier molecular flexibility index (Phi) is 5.03. The van der Waals surface area contributed by atoms with Crippen molar-refractivity contribution >= 4 is 40.1 Å². The number of nitrogens with zero attached hydrogens (tertiary/aromatic N) is 2. The summed E-state index contributed by atoms with van der Waals surface area (Å²) in [6.45, 7) is 2.43. The number of carbonyl (C=O) groups is 4. The van der Waals surface area contributed by atoms with Crippen LogP contribution in [-0.4, -0.2) is 52.6 Å². The molecule has 2 fully saturated rings. The maximum absolute atomic E-state index is 12.9. The number of carbonyl (C=O) groups excluding carboxylic acids is 4. The van der Waals surface area contributed by atoms with Crippen LogP contribution in [0.4, 0.5) is 5.13 Å². The highest BCUT2D eigenvalue weighted by atomic mass is 32.1. The van der Waals surface area contributed by atoms with Gasteiger partial charge in [0.2, 0.25) is 11.8 Å². The Hall–Kier alpha value is -3.11. The Balaban J connectivity index is 1.29. The molecule has 2 atom stereocenters. The third kappa shape index (κ3) is 3.61. The van der Waals surface area contributed by atoms with Crippen LogP contribution in [0.2, 0.25) is 0 Å². The molecule has 0 radical (unpaired) electrons. The zero-order chi connectivity index (χ0) is 21.5. The molecule has 0 aliphatic carbocycles. The van der Waals surface area contributed by atoms with E-state index in [1.807, 2.05) is 0 Å². The van der Waals surface area contributed by atoms with E-state index in [9.17, 15) is 19.2 Å². The summed E-state index contributed by atoms with van der Waals surface area (Å²) in [6.07, 6.45) is 1.34. The van der Waals surface area contributed by atoms with Crippen molar-refractivity contribution in [2.24, 2.45) is 0 Å². The molecule has 0 bridgehead atoms. The summed E-state index contributed by atoms with van der Waals surface area (Å²) in [7, 11) is 0. The molecular formula is C21H21N5O4S. The Bertz CT molecular complexity index is 1090. The van der Waals surface area contributed by atoms with E-state index in [1.165, 1.54) is 0 Å². The second-order valence-electron chi connectivity index (χ2n) is 7.95. The number of piperidine rings is 1. The fourth-order valence-electron chi connectivity index (χ4n) is 4.27. The van der Waals surface area contributed by atoms with Crippen molar-refractivity contribution in [2.75, 3.05) is 18.4 Å². The van der Waals surface area contributed by atoms with E-state index in [-0.39, 0.29) is 29.9 Å². The van der Waals surface area contributed by atoms with Crippen LogP contribution in [0.15, 0.2) is 23.6 Å². The number of benzene rings is 1. The molecule has 31 heavy (non-hydrogen) atoms. The first kappa shape index (κ1) is 19.8. The number of nitrogens with one attached hydrogen (secondary N) is 3. The highest BCUT2D eigenvalue weighted by Crippen LogP contribution is 2.29. The number of thiazole rings is 1. The Labute approximate surface area is 182 Å². The Morgan fingerprint density at radius 3 is 2.74 bits per heavy atom. The average molecular weight is 439 g/mol. The first-order chi connectivity index (χ1) is 15.0. The number of fused-ring (bicyclic) bond motifs is 1. The van der Waals surface area contributed by atoms with Gasteiger partial charge in [-0.05, 0) is 37.1 Å². The van der Waals surface area contributed by atoms with E-state index < -0.39 is 23.8 Å². The Morgan fingerprint density at radius 2 is 1.97 bits per heavy atom. The summed E-state index contributed by atoms with van der Waals surface area (Å²) in [5, 5.41) is 11.7. The van der Waals surface area contributed by atoms with E-state index in [2.05, 4.69) is 26.3 Å². The SMILES string of the molecule is O=C1CCC(N2C(=O)c3ccc(CNc4nc([C@H]5CCNC5)cs4)cc3C2=O)C(=O)N1. The number of aromatic nitrogens is 1. The van der Waals surface area contributed by atoms with Crippen molar-refractivity contribution in [3.8, 4) is 0 Å². The van der Waals surface area contributed by atoms with Crippen LogP contribution in [0.3, 0.4) is 0 Å². The number of hydrogen-bond donors (Lipinski definition) is 3. The summed E-state index contributed by atoms with van der Waals surface area (Å²) < 4.78 is 0. The molecule has 4 heterocycles. The minimum Gasteiger partial charge on any atom is -0.357 e. The van der Waals surface area contributed by atoms with E-state index in [1.54, 1.807) is 29.5 Å². The molecule has 160 valence electrons. The van der Waals surface area contributed by atoms with Crippen molar-refractivity contribution in [2.45, 2.75) is 37.8 Å². The zero-order valence-electron chi connectivity index (χ0n) is 16.6. The van der Waals surface area contributed by atoms with E-state index in [0.717, 1.165) is 40.8 Å². The zero-order valence-corrected chi connectivity index (χ0v) is 17.5. The minimum absolute atomic E-state index is 0.103. The first-order valence-corrected chi connectivity index (χ1v) is 11.1. The molecule has 5 rings (SSSR count). The molecule has 1 unspecified atom stereocenters. The fourth-order valence-corrected chi connectivity index (χ4v) is 5.06. The molecule has 1 aromatic heterocycles. The van der Waals surface area contributed by atoms with Gasteiger partial charge >= 0.3 is 0 Å². The molecule has 0 saturated carbocycles. The molecule has 0 spiro atoms. The van der Waals surface area contributed by atoms with Crippen LogP contribution in [0, 0.1) is 0 Å². The maximum atomic E-state index is 12.9. The largest absolute Gasteiger partial charge is 0.357 e. The predicted molar refractivity (Wildman–Crippen MR) is 113 cm³/mol. The van der Waals surface area contributed by atoms with Crippen LogP contribution >= 0.6 is 11.3 Å². The van der Waals surface area contributed by atoms with Gasteiger partial charge in [0.05, 0.1) is 16.8 Å². The van der Waals surface area contributed by atoms with Gasteiger partial charge in [0.15, 0.2) is 5.13 Å². The van der Waals surface area contributed by atoms with Crippen molar-refractivity contribution in [3.63, 3.8) is 0 Å². The van der Waals surface area contributed by atoms with Gasteiger partial charge in [-0.3, -0.25) is 29.4 Å². The molecule has 3 N–H and O–H groups in total. The van der Waals surface area contributed by atoms with Crippen molar-refractivity contribution < 1.29 is 19.2 Å². The summed E-state index contributed by atoms with van der Waals surface area (Å²) in [5.41, 5.74) is 2.49. The second-order valence-corrected chi connectivity index (χ2v) is 8.81. The smallest absolute Gasteiger partial charge is 0.262 e. The highest BCUT2D eigenvalue weighted by molar-refractivity contribution is 7.13. The third-order valence-electron chi connectivity index (χ3n) is 5.95. The van der Waals surface area contributed by atoms with Crippen LogP contribution < -0.4 is 16.0 Å². The van der Waals surface area contributed by atoms with Gasteiger partial charge < -0.3 is 10.6 Å². The molecule has 2 aromatic rings. The normalized spacial score (nSPS) is 23.3. The topological polar surface area (TPSA) is 120 Å². The lowest BCUT2D eigenvalue weighted by Gasteiger charge is -2.27. The van der Waals surface area contributed by atoms with Crippen LogP contribution in [-0.2, 0) is 16.1 Å². The summed E-state index contributed by atoms with van der Waals surface area (Å²) >= 11 is 1.55.